The first-order valence-electron chi connectivity index (χ1n) is 9.71. The molecule has 0 unspecified atom stereocenters. The Kier molecular flexibility index (Phi) is 8.00. The second-order valence-electron chi connectivity index (χ2n) is 6.67. The predicted molar refractivity (Wildman–Crippen MR) is 125 cm³/mol. The lowest BCUT2D eigenvalue weighted by Gasteiger charge is -2.23. The first-order valence-corrected chi connectivity index (χ1v) is 10.5. The van der Waals surface area contributed by atoms with Gasteiger partial charge in [0.2, 0.25) is 0 Å². The molecule has 3 aromatic carbocycles. The molecular weight excluding hydrogens is 463 g/mol. The molecule has 3 rings (SSSR count). The van der Waals surface area contributed by atoms with Crippen molar-refractivity contribution in [3.63, 3.8) is 0 Å². The molecule has 0 aromatic heterocycles. The Balaban J connectivity index is 1.55. The number of benzene rings is 3. The van der Waals surface area contributed by atoms with Gasteiger partial charge in [0.15, 0.2) is 0 Å². The number of carbonyl (C=O) groups excluding carboxylic acids is 2. The van der Waals surface area contributed by atoms with E-state index >= 15 is 0 Å². The van der Waals surface area contributed by atoms with Crippen molar-refractivity contribution >= 4 is 45.1 Å². The highest BCUT2D eigenvalue weighted by Gasteiger charge is 2.16. The predicted octanol–water partition coefficient (Wildman–Crippen LogP) is 5.84. The summed E-state index contributed by atoms with van der Waals surface area (Å²) in [6, 6.07) is 21.4. The third-order valence-corrected chi connectivity index (χ3v) is 4.88. The van der Waals surface area contributed by atoms with Crippen molar-refractivity contribution < 1.29 is 14.0 Å². The number of hydrogen-bond donors (Lipinski definition) is 3. The molecule has 3 N–H and O–H groups in total. The summed E-state index contributed by atoms with van der Waals surface area (Å²) in [7, 11) is 0. The van der Waals surface area contributed by atoms with Gasteiger partial charge in [0.25, 0.3) is 0 Å². The van der Waals surface area contributed by atoms with Gasteiger partial charge in [-0.25, -0.2) is 14.0 Å². The summed E-state index contributed by atoms with van der Waals surface area (Å²) in [6.45, 7) is 0.696. The van der Waals surface area contributed by atoms with Crippen molar-refractivity contribution in [3.8, 4) is 0 Å². The third kappa shape index (κ3) is 7.11. The van der Waals surface area contributed by atoms with Crippen LogP contribution < -0.4 is 20.9 Å². The average molecular weight is 485 g/mol. The summed E-state index contributed by atoms with van der Waals surface area (Å²) < 4.78 is 14.2. The smallest absolute Gasteiger partial charge is 0.326 e. The van der Waals surface area contributed by atoms with E-state index in [4.69, 9.17) is 0 Å². The Morgan fingerprint density at radius 1 is 0.839 bits per heavy atom. The van der Waals surface area contributed by atoms with Crippen LogP contribution in [0.25, 0.3) is 0 Å². The van der Waals surface area contributed by atoms with Gasteiger partial charge in [-0.2, -0.15) is 0 Å². The fourth-order valence-corrected chi connectivity index (χ4v) is 3.09. The summed E-state index contributed by atoms with van der Waals surface area (Å²) >= 11 is 3.35. The molecule has 0 aliphatic heterocycles. The van der Waals surface area contributed by atoms with Crippen LogP contribution in [0.4, 0.5) is 31.0 Å². The van der Waals surface area contributed by atoms with Gasteiger partial charge in [0.05, 0.1) is 0 Å². The molecule has 160 valence electrons. The SMILES string of the molecule is O=C(NCCCN(C(=O)Nc1ccccc1)c1ccc(F)cc1)Nc1ccc(Br)cc1. The van der Waals surface area contributed by atoms with Gasteiger partial charge in [-0.05, 0) is 67.1 Å². The molecular formula is C23H22BrFN4O2. The zero-order valence-corrected chi connectivity index (χ0v) is 18.2. The van der Waals surface area contributed by atoms with Crippen LogP contribution >= 0.6 is 15.9 Å². The Morgan fingerprint density at radius 2 is 1.48 bits per heavy atom. The monoisotopic (exact) mass is 484 g/mol. The second-order valence-corrected chi connectivity index (χ2v) is 7.58. The standard InChI is InChI=1S/C23H22BrFN4O2/c24-17-7-11-20(12-8-17)27-22(30)26-15-4-16-29(21-13-9-18(25)10-14-21)23(31)28-19-5-2-1-3-6-19/h1-3,5-14H,4,15-16H2,(H,28,31)(H2,26,27,30). The molecule has 0 aliphatic carbocycles. The van der Waals surface area contributed by atoms with Crippen molar-refractivity contribution in [2.45, 2.75) is 6.42 Å². The lowest BCUT2D eigenvalue weighted by atomic mass is 10.2. The number of carbonyl (C=O) groups is 2. The van der Waals surface area contributed by atoms with E-state index in [1.807, 2.05) is 30.3 Å². The lowest BCUT2D eigenvalue weighted by molar-refractivity contribution is 0.252. The maximum atomic E-state index is 13.3. The lowest BCUT2D eigenvalue weighted by Crippen LogP contribution is -2.38. The Labute approximate surface area is 188 Å². The van der Waals surface area contributed by atoms with Gasteiger partial charge < -0.3 is 16.0 Å². The molecule has 3 aromatic rings. The molecule has 0 saturated heterocycles. The van der Waals surface area contributed by atoms with Gasteiger partial charge in [-0.15, -0.1) is 0 Å². The van der Waals surface area contributed by atoms with Gasteiger partial charge in [0.1, 0.15) is 5.82 Å². The van der Waals surface area contributed by atoms with Crippen molar-refractivity contribution in [3.05, 3.63) is 89.2 Å². The van der Waals surface area contributed by atoms with Crippen LogP contribution in [0.3, 0.4) is 0 Å². The zero-order valence-electron chi connectivity index (χ0n) is 16.6. The Bertz CT molecular complexity index is 998. The highest BCUT2D eigenvalue weighted by atomic mass is 79.9. The zero-order chi connectivity index (χ0) is 22.1. The first kappa shape index (κ1) is 22.3. The van der Waals surface area contributed by atoms with Gasteiger partial charge in [-0.3, -0.25) is 4.90 Å². The summed E-state index contributed by atoms with van der Waals surface area (Å²) in [5.74, 6) is -0.376. The number of hydrogen-bond acceptors (Lipinski definition) is 2. The highest BCUT2D eigenvalue weighted by molar-refractivity contribution is 9.10. The fraction of sp³-hybridized carbons (Fsp3) is 0.130. The van der Waals surface area contributed by atoms with E-state index in [-0.39, 0.29) is 17.9 Å². The van der Waals surface area contributed by atoms with Crippen LogP contribution in [0.1, 0.15) is 6.42 Å². The van der Waals surface area contributed by atoms with Crippen molar-refractivity contribution in [2.75, 3.05) is 28.6 Å². The van der Waals surface area contributed by atoms with Crippen molar-refractivity contribution in [2.24, 2.45) is 0 Å². The molecule has 0 saturated carbocycles. The molecule has 8 heteroatoms. The summed E-state index contributed by atoms with van der Waals surface area (Å²) in [6.07, 6.45) is 0.507. The summed E-state index contributed by atoms with van der Waals surface area (Å²) in [4.78, 5) is 26.4. The molecule has 31 heavy (non-hydrogen) atoms. The van der Waals surface area contributed by atoms with Crippen LogP contribution in [0.15, 0.2) is 83.3 Å². The molecule has 6 nitrogen and oxygen atoms in total. The Morgan fingerprint density at radius 3 is 2.16 bits per heavy atom. The number of nitrogens with zero attached hydrogens (tertiary/aromatic N) is 1. The van der Waals surface area contributed by atoms with Crippen LogP contribution in [0.2, 0.25) is 0 Å². The van der Waals surface area contributed by atoms with E-state index in [2.05, 4.69) is 31.9 Å². The van der Waals surface area contributed by atoms with Crippen LogP contribution in [-0.2, 0) is 0 Å². The van der Waals surface area contributed by atoms with Gasteiger partial charge in [0, 0.05) is 34.6 Å². The van der Waals surface area contributed by atoms with Crippen molar-refractivity contribution in [1.29, 1.82) is 0 Å². The minimum atomic E-state index is -0.376. The van der Waals surface area contributed by atoms with Gasteiger partial charge in [-0.1, -0.05) is 34.1 Å². The number of para-hydroxylation sites is 1. The summed E-state index contributed by atoms with van der Waals surface area (Å²) in [5, 5.41) is 8.35. The largest absolute Gasteiger partial charge is 0.338 e. The number of urea groups is 2. The normalized spacial score (nSPS) is 10.3. The topological polar surface area (TPSA) is 73.5 Å². The van der Waals surface area contributed by atoms with Crippen LogP contribution in [-0.4, -0.2) is 25.2 Å². The molecule has 0 bridgehead atoms. The first-order chi connectivity index (χ1) is 15.0. The minimum Gasteiger partial charge on any atom is -0.338 e. The Hall–Kier alpha value is -3.39. The number of nitrogens with one attached hydrogen (secondary N) is 3. The average Bonchev–Trinajstić information content (AvgIpc) is 2.77. The molecule has 0 fully saturated rings. The molecule has 0 atom stereocenters. The molecule has 0 aliphatic rings. The molecule has 0 radical (unpaired) electrons. The van der Waals surface area contributed by atoms with Crippen molar-refractivity contribution in [1.82, 2.24) is 5.32 Å². The van der Waals surface area contributed by atoms with E-state index < -0.39 is 0 Å². The third-order valence-electron chi connectivity index (χ3n) is 4.35. The van der Waals surface area contributed by atoms with E-state index in [1.54, 1.807) is 36.4 Å². The number of anilines is 3. The molecule has 4 amide bonds. The maximum Gasteiger partial charge on any atom is 0.326 e. The number of amides is 4. The summed E-state index contributed by atoms with van der Waals surface area (Å²) in [5.41, 5.74) is 1.90. The van der Waals surface area contributed by atoms with Crippen LogP contribution in [0.5, 0.6) is 0 Å². The quantitative estimate of drug-likeness (QED) is 0.368. The number of halogens is 2. The number of rotatable bonds is 7. The highest BCUT2D eigenvalue weighted by Crippen LogP contribution is 2.18. The second kappa shape index (κ2) is 11.1. The van der Waals surface area contributed by atoms with Gasteiger partial charge >= 0.3 is 12.1 Å². The van der Waals surface area contributed by atoms with E-state index in [1.165, 1.54) is 17.0 Å². The maximum absolute atomic E-state index is 13.3. The van der Waals surface area contributed by atoms with E-state index in [0.29, 0.717) is 36.6 Å². The molecule has 0 heterocycles. The van der Waals surface area contributed by atoms with E-state index in [0.717, 1.165) is 4.47 Å². The van der Waals surface area contributed by atoms with E-state index in [9.17, 15) is 14.0 Å². The molecule has 0 spiro atoms. The van der Waals surface area contributed by atoms with Crippen LogP contribution in [0, 0.1) is 5.82 Å². The fourth-order valence-electron chi connectivity index (χ4n) is 2.83. The minimum absolute atomic E-state index is 0.329.